The Morgan fingerprint density at radius 3 is 2.31 bits per heavy atom. The number of β-amino-alcohol motifs (C(OH)–C–C–N with tert-alkyl or cyclic N) is 1. The molecule has 4 N–H and O–H groups in total. The number of phenols is 1. The van der Waals surface area contributed by atoms with Gasteiger partial charge < -0.3 is 30.6 Å². The molecule has 0 spiro atoms. The van der Waals surface area contributed by atoms with E-state index in [4.69, 9.17) is 4.98 Å². The summed E-state index contributed by atoms with van der Waals surface area (Å²) in [5.74, 6) is -0.0693. The van der Waals surface area contributed by atoms with Crippen LogP contribution in [0.3, 0.4) is 0 Å². The molecule has 2 aliphatic rings. The Morgan fingerprint density at radius 1 is 0.915 bits per heavy atom. The van der Waals surface area contributed by atoms with Gasteiger partial charge in [0.2, 0.25) is 17.7 Å². The average molecular weight is 818 g/mol. The summed E-state index contributed by atoms with van der Waals surface area (Å²) in [6, 6.07) is 18.7. The lowest BCUT2D eigenvalue weighted by Gasteiger charge is -2.37. The zero-order chi connectivity index (χ0) is 41.8. The van der Waals surface area contributed by atoms with Gasteiger partial charge in [0.25, 0.3) is 0 Å². The number of rotatable bonds is 11. The van der Waals surface area contributed by atoms with Crippen molar-refractivity contribution in [3.05, 3.63) is 95.9 Å². The summed E-state index contributed by atoms with van der Waals surface area (Å²) >= 11 is 1.58. The molecule has 2 fully saturated rings. The number of piperazine rings is 1. The number of nitrogens with zero attached hydrogens (tertiary/aromatic N) is 7. The minimum atomic E-state index is -0.912. The lowest BCUT2D eigenvalue weighted by Crippen LogP contribution is -2.59. The van der Waals surface area contributed by atoms with Crippen LogP contribution in [0.2, 0.25) is 0 Å². The number of aryl methyl sites for hydroxylation is 1. The fraction of sp³-hybridized carbons (Fsp3) is 0.386. The van der Waals surface area contributed by atoms with Crippen molar-refractivity contribution in [2.75, 3.05) is 44.2 Å². The molecule has 2 aliphatic heterocycles. The molecule has 2 aromatic carbocycles. The molecule has 5 aromatic rings. The van der Waals surface area contributed by atoms with Crippen LogP contribution in [0.4, 0.5) is 5.82 Å². The van der Waals surface area contributed by atoms with Crippen LogP contribution in [0.5, 0.6) is 5.75 Å². The number of aromatic nitrogens is 4. The average Bonchev–Trinajstić information content (AvgIpc) is 3.85. The molecule has 59 heavy (non-hydrogen) atoms. The van der Waals surface area contributed by atoms with Gasteiger partial charge in [-0.1, -0.05) is 57.2 Å². The maximum atomic E-state index is 14.2. The molecule has 5 heterocycles. The number of hydrogen-bond donors (Lipinski definition) is 4. The predicted molar refractivity (Wildman–Crippen MR) is 227 cm³/mol. The molecule has 0 saturated carbocycles. The molecular formula is C44H51N9O5S. The Kier molecular flexibility index (Phi) is 12.4. The predicted octanol–water partition coefficient (Wildman–Crippen LogP) is 4.84. The number of hydrogen-bond acceptors (Lipinski definition) is 12. The fourth-order valence-electron chi connectivity index (χ4n) is 7.65. The number of anilines is 1. The zero-order valence-corrected chi connectivity index (χ0v) is 34.8. The van der Waals surface area contributed by atoms with E-state index in [-0.39, 0.29) is 43.1 Å². The first-order valence-corrected chi connectivity index (χ1v) is 20.8. The van der Waals surface area contributed by atoms with Crippen LogP contribution < -0.4 is 15.5 Å². The monoisotopic (exact) mass is 817 g/mol. The fourth-order valence-corrected chi connectivity index (χ4v) is 8.46. The smallest absolute Gasteiger partial charge is 0.246 e. The third kappa shape index (κ3) is 9.59. The Balaban J connectivity index is 0.924. The van der Waals surface area contributed by atoms with E-state index in [0.717, 1.165) is 38.6 Å². The Morgan fingerprint density at radius 2 is 1.64 bits per heavy atom. The molecule has 3 aromatic heterocycles. The summed E-state index contributed by atoms with van der Waals surface area (Å²) in [4.78, 5) is 57.2. The van der Waals surface area contributed by atoms with Crippen molar-refractivity contribution in [1.29, 1.82) is 0 Å². The van der Waals surface area contributed by atoms with E-state index in [2.05, 4.69) is 35.6 Å². The highest BCUT2D eigenvalue weighted by Crippen LogP contribution is 2.32. The number of aliphatic hydroxyl groups excluding tert-OH is 1. The van der Waals surface area contributed by atoms with E-state index in [9.17, 15) is 24.6 Å². The van der Waals surface area contributed by atoms with E-state index in [1.807, 2.05) is 88.7 Å². The molecule has 3 amide bonds. The van der Waals surface area contributed by atoms with E-state index >= 15 is 0 Å². The highest BCUT2D eigenvalue weighted by Gasteiger charge is 2.45. The summed E-state index contributed by atoms with van der Waals surface area (Å²) in [6.45, 7) is 12.2. The second-order valence-electron chi connectivity index (χ2n) is 16.4. The Labute approximate surface area is 348 Å². The number of para-hydroxylation sites is 1. The number of benzene rings is 2. The van der Waals surface area contributed by atoms with Crippen LogP contribution in [-0.4, -0.2) is 115 Å². The number of aliphatic hydroxyl groups is 1. The summed E-state index contributed by atoms with van der Waals surface area (Å²) in [7, 11) is 0. The maximum Gasteiger partial charge on any atom is 0.246 e. The van der Waals surface area contributed by atoms with E-state index in [0.29, 0.717) is 37.4 Å². The van der Waals surface area contributed by atoms with Gasteiger partial charge in [-0.25, -0.2) is 9.97 Å². The number of carbonyl (C=O) groups is 3. The summed E-state index contributed by atoms with van der Waals surface area (Å²) < 4.78 is 0. The molecule has 0 bridgehead atoms. The summed E-state index contributed by atoms with van der Waals surface area (Å²) in [5, 5.41) is 35.3. The van der Waals surface area contributed by atoms with E-state index in [1.54, 1.807) is 41.9 Å². The molecule has 4 atom stereocenters. The summed E-state index contributed by atoms with van der Waals surface area (Å²) in [5.41, 5.74) is 6.96. The van der Waals surface area contributed by atoms with Crippen LogP contribution in [-0.2, 0) is 14.4 Å². The van der Waals surface area contributed by atoms with Crippen molar-refractivity contribution < 1.29 is 24.6 Å². The van der Waals surface area contributed by atoms with Gasteiger partial charge in [-0.3, -0.25) is 19.3 Å². The van der Waals surface area contributed by atoms with Crippen LogP contribution in [0.25, 0.3) is 32.8 Å². The third-order valence-electron chi connectivity index (χ3n) is 11.0. The number of nitrogens with one attached hydrogen (secondary N) is 2. The highest BCUT2D eigenvalue weighted by atomic mass is 32.1. The number of amides is 3. The molecule has 2 unspecified atom stereocenters. The summed E-state index contributed by atoms with van der Waals surface area (Å²) in [6.07, 6.45) is 2.71. The van der Waals surface area contributed by atoms with Crippen LogP contribution in [0.1, 0.15) is 51.4 Å². The van der Waals surface area contributed by atoms with Gasteiger partial charge in [0, 0.05) is 62.0 Å². The topological polar surface area (TPSA) is 177 Å². The second-order valence-corrected chi connectivity index (χ2v) is 17.3. The first-order valence-electron chi connectivity index (χ1n) is 19.9. The molecule has 15 heteroatoms. The lowest BCUT2D eigenvalue weighted by atomic mass is 9.85. The van der Waals surface area contributed by atoms with Crippen molar-refractivity contribution in [3.63, 3.8) is 0 Å². The zero-order valence-electron chi connectivity index (χ0n) is 34.0. The van der Waals surface area contributed by atoms with Gasteiger partial charge in [-0.05, 0) is 60.7 Å². The van der Waals surface area contributed by atoms with Crippen LogP contribution in [0.15, 0.2) is 84.6 Å². The molecule has 2 saturated heterocycles. The largest absolute Gasteiger partial charge is 0.507 e. The van der Waals surface area contributed by atoms with Crippen molar-refractivity contribution >= 4 is 34.9 Å². The SMILES string of the molecule is Cc1ncsc1-c1ccc(C(C)NC(=O)[C@@H]2C[C@@H](O)CN2C(=O)C(NC(=O)CN2CCN(c3ccc(-c4cnnc(-c5ccccc5O)c4)cn3)CC2)C(C)(C)C)cc1. The Hall–Kier alpha value is -5.77. The number of phenolic OH excluding ortho intramolecular Hbond substituents is 1. The maximum absolute atomic E-state index is 14.2. The van der Waals surface area contributed by atoms with E-state index in [1.165, 1.54) is 4.90 Å². The first kappa shape index (κ1) is 41.4. The second kappa shape index (κ2) is 17.6. The number of likely N-dealkylation sites (tertiary alicyclic amines) is 1. The number of carbonyl (C=O) groups excluding carboxylic acids is 3. The highest BCUT2D eigenvalue weighted by molar-refractivity contribution is 7.13. The molecule has 0 radical (unpaired) electrons. The minimum Gasteiger partial charge on any atom is -0.507 e. The van der Waals surface area contributed by atoms with Crippen LogP contribution >= 0.6 is 11.3 Å². The molecule has 14 nitrogen and oxygen atoms in total. The standard InChI is InChI=1S/C44H51N9O5S/c1-27(29-10-12-30(13-11-29)40-28(2)46-26-59-40)48-42(57)36-21-33(54)24-53(36)43(58)41(44(3,4)5)49-39(56)25-51-16-18-52(19-17-51)38-15-14-31(22-45-38)32-20-35(50-47-23-32)34-8-6-7-9-37(34)55/h6-15,20,22-23,26-27,33,36,41,54-55H,16-19,21,24-25H2,1-5H3,(H,48,57)(H,49,56)/t27?,33-,36+,41?/m1/s1. The Bertz CT molecular complexity index is 2270. The molecule has 7 rings (SSSR count). The third-order valence-corrected chi connectivity index (χ3v) is 12.0. The quantitative estimate of drug-likeness (QED) is 0.144. The minimum absolute atomic E-state index is 0.00630. The van der Waals surface area contributed by atoms with Gasteiger partial charge in [-0.2, -0.15) is 10.2 Å². The number of aromatic hydroxyl groups is 1. The molecule has 308 valence electrons. The van der Waals surface area contributed by atoms with Crippen LogP contribution in [0, 0.1) is 12.3 Å². The van der Waals surface area contributed by atoms with Gasteiger partial charge in [0.05, 0.1) is 46.7 Å². The van der Waals surface area contributed by atoms with Crippen molar-refractivity contribution in [3.8, 4) is 38.6 Å². The molecular weight excluding hydrogens is 767 g/mol. The number of thiazole rings is 1. The van der Waals surface area contributed by atoms with Crippen molar-refractivity contribution in [2.24, 2.45) is 5.41 Å². The van der Waals surface area contributed by atoms with E-state index < -0.39 is 29.5 Å². The normalized spacial score (nSPS) is 18.3. The lowest BCUT2D eigenvalue weighted by molar-refractivity contribution is -0.144. The van der Waals surface area contributed by atoms with Crippen molar-refractivity contribution in [1.82, 2.24) is 40.6 Å². The van der Waals surface area contributed by atoms with Gasteiger partial charge in [0.15, 0.2) is 0 Å². The van der Waals surface area contributed by atoms with Gasteiger partial charge in [-0.15, -0.1) is 11.3 Å². The van der Waals surface area contributed by atoms with Gasteiger partial charge >= 0.3 is 0 Å². The first-order chi connectivity index (χ1) is 28.2. The van der Waals surface area contributed by atoms with Crippen molar-refractivity contribution in [2.45, 2.75) is 65.3 Å². The number of pyridine rings is 1. The molecule has 0 aliphatic carbocycles. The van der Waals surface area contributed by atoms with Gasteiger partial charge in [0.1, 0.15) is 23.7 Å².